The van der Waals surface area contributed by atoms with Crippen LogP contribution in [0.15, 0.2) is 0 Å². The number of carbonyl (C=O) groups is 1. The minimum absolute atomic E-state index is 0.129. The maximum atomic E-state index is 11.2. The molecule has 84 valence electrons. The van der Waals surface area contributed by atoms with Gasteiger partial charge in [-0.1, -0.05) is 13.8 Å². The van der Waals surface area contributed by atoms with E-state index in [1.54, 1.807) is 19.0 Å². The van der Waals surface area contributed by atoms with E-state index in [2.05, 4.69) is 24.1 Å². The Kier molecular flexibility index (Phi) is 7.42. The molecule has 0 aliphatic rings. The van der Waals surface area contributed by atoms with Crippen LogP contribution in [0.3, 0.4) is 0 Å². The summed E-state index contributed by atoms with van der Waals surface area (Å²) < 4.78 is 0. The van der Waals surface area contributed by atoms with Crippen LogP contribution in [0.1, 0.15) is 13.8 Å². The average molecular weight is 201 g/mol. The highest BCUT2D eigenvalue weighted by Gasteiger charge is 2.02. The molecular formula is C10H23N3O. The fourth-order valence-corrected chi connectivity index (χ4v) is 1.13. The Morgan fingerprint density at radius 2 is 1.79 bits per heavy atom. The summed E-state index contributed by atoms with van der Waals surface area (Å²) in [6, 6.07) is 0. The van der Waals surface area contributed by atoms with Crippen LogP contribution in [0, 0.1) is 0 Å². The maximum Gasteiger partial charge on any atom is 0.236 e. The van der Waals surface area contributed by atoms with Crippen LogP contribution in [0.5, 0.6) is 0 Å². The van der Waals surface area contributed by atoms with Gasteiger partial charge in [0.25, 0.3) is 0 Å². The molecule has 0 atom stereocenters. The third kappa shape index (κ3) is 5.94. The number of rotatable bonds is 7. The van der Waals surface area contributed by atoms with Crippen LogP contribution in [-0.2, 0) is 4.79 Å². The molecule has 4 nitrogen and oxygen atoms in total. The predicted octanol–water partition coefficient (Wildman–Crippen LogP) is 0.00600. The topological polar surface area (TPSA) is 35.6 Å². The average Bonchev–Trinajstić information content (AvgIpc) is 2.17. The summed E-state index contributed by atoms with van der Waals surface area (Å²) in [5.74, 6) is 0.129. The highest BCUT2D eigenvalue weighted by Crippen LogP contribution is 1.84. The quantitative estimate of drug-likeness (QED) is 0.589. The van der Waals surface area contributed by atoms with Crippen molar-refractivity contribution in [1.29, 1.82) is 0 Å². The Morgan fingerprint density at radius 3 is 2.21 bits per heavy atom. The third-order valence-corrected chi connectivity index (χ3v) is 2.27. The minimum Gasteiger partial charge on any atom is -0.348 e. The molecule has 0 unspecified atom stereocenters. The first-order chi connectivity index (χ1) is 6.61. The van der Waals surface area contributed by atoms with E-state index in [4.69, 9.17) is 0 Å². The lowest BCUT2D eigenvalue weighted by molar-refractivity contribution is -0.127. The minimum atomic E-state index is 0.129. The van der Waals surface area contributed by atoms with Crippen LogP contribution in [-0.4, -0.2) is 62.5 Å². The van der Waals surface area contributed by atoms with Crippen molar-refractivity contribution in [2.24, 2.45) is 0 Å². The number of nitrogens with one attached hydrogen (secondary N) is 1. The predicted molar refractivity (Wildman–Crippen MR) is 59.4 cm³/mol. The van der Waals surface area contributed by atoms with Crippen molar-refractivity contribution in [2.75, 3.05) is 46.8 Å². The van der Waals surface area contributed by atoms with Crippen molar-refractivity contribution in [3.8, 4) is 0 Å². The molecule has 0 aliphatic heterocycles. The lowest BCUT2D eigenvalue weighted by Gasteiger charge is -2.18. The summed E-state index contributed by atoms with van der Waals surface area (Å²) in [4.78, 5) is 15.1. The largest absolute Gasteiger partial charge is 0.348 e. The molecule has 4 heteroatoms. The van der Waals surface area contributed by atoms with Gasteiger partial charge in [0.15, 0.2) is 0 Å². The van der Waals surface area contributed by atoms with Crippen LogP contribution in [0.4, 0.5) is 0 Å². The Labute approximate surface area is 87.3 Å². The van der Waals surface area contributed by atoms with E-state index < -0.39 is 0 Å². The summed E-state index contributed by atoms with van der Waals surface area (Å²) in [5, 5.41) is 3.13. The smallest absolute Gasteiger partial charge is 0.236 e. The summed E-state index contributed by atoms with van der Waals surface area (Å²) in [6.45, 7) is 8.76. The molecule has 0 heterocycles. The lowest BCUT2D eigenvalue weighted by Crippen LogP contribution is -2.37. The fourth-order valence-electron chi connectivity index (χ4n) is 1.13. The maximum absolute atomic E-state index is 11.2. The standard InChI is InChI=1S/C10H23N3O/c1-5-13(6-2)8-7-11-9-10(14)12(3)4/h11H,5-9H2,1-4H3. The molecule has 0 aliphatic carbocycles. The van der Waals surface area contributed by atoms with Crippen LogP contribution >= 0.6 is 0 Å². The first-order valence-corrected chi connectivity index (χ1v) is 5.25. The van der Waals surface area contributed by atoms with Crippen molar-refractivity contribution in [3.05, 3.63) is 0 Å². The highest BCUT2D eigenvalue weighted by atomic mass is 16.2. The molecule has 14 heavy (non-hydrogen) atoms. The second kappa shape index (κ2) is 7.76. The van der Waals surface area contributed by atoms with Gasteiger partial charge in [0.05, 0.1) is 6.54 Å². The van der Waals surface area contributed by atoms with Gasteiger partial charge < -0.3 is 15.1 Å². The first kappa shape index (κ1) is 13.4. The summed E-state index contributed by atoms with van der Waals surface area (Å²) in [5.41, 5.74) is 0. The van der Waals surface area contributed by atoms with Crippen LogP contribution in [0.2, 0.25) is 0 Å². The Bertz CT molecular complexity index is 155. The summed E-state index contributed by atoms with van der Waals surface area (Å²) >= 11 is 0. The monoisotopic (exact) mass is 201 g/mol. The van der Waals surface area contributed by atoms with Crippen LogP contribution < -0.4 is 5.32 Å². The van der Waals surface area contributed by atoms with Gasteiger partial charge in [-0.25, -0.2) is 0 Å². The molecule has 1 amide bonds. The second-order valence-electron chi connectivity index (χ2n) is 3.49. The number of hydrogen-bond donors (Lipinski definition) is 1. The zero-order chi connectivity index (χ0) is 11.0. The van der Waals surface area contributed by atoms with Gasteiger partial charge in [-0.2, -0.15) is 0 Å². The van der Waals surface area contributed by atoms with E-state index in [0.717, 1.165) is 26.2 Å². The molecule has 0 rings (SSSR count). The van der Waals surface area contributed by atoms with Gasteiger partial charge in [-0.15, -0.1) is 0 Å². The molecular weight excluding hydrogens is 178 g/mol. The Hall–Kier alpha value is -0.610. The van der Waals surface area contributed by atoms with Crippen molar-refractivity contribution >= 4 is 5.91 Å². The van der Waals surface area contributed by atoms with Gasteiger partial charge in [-0.05, 0) is 13.1 Å². The van der Waals surface area contributed by atoms with E-state index in [1.165, 1.54) is 0 Å². The highest BCUT2D eigenvalue weighted by molar-refractivity contribution is 5.77. The van der Waals surface area contributed by atoms with Crippen molar-refractivity contribution in [2.45, 2.75) is 13.8 Å². The van der Waals surface area contributed by atoms with E-state index >= 15 is 0 Å². The van der Waals surface area contributed by atoms with Gasteiger partial charge in [0.2, 0.25) is 5.91 Å². The Balaban J connectivity index is 3.41. The lowest BCUT2D eigenvalue weighted by atomic mass is 10.4. The number of likely N-dealkylation sites (N-methyl/N-ethyl adjacent to an activating group) is 2. The molecule has 0 aromatic heterocycles. The van der Waals surface area contributed by atoms with E-state index in [1.807, 2.05) is 0 Å². The molecule has 0 saturated carbocycles. The first-order valence-electron chi connectivity index (χ1n) is 5.25. The third-order valence-electron chi connectivity index (χ3n) is 2.27. The van der Waals surface area contributed by atoms with Crippen LogP contribution in [0.25, 0.3) is 0 Å². The van der Waals surface area contributed by atoms with Gasteiger partial charge in [0, 0.05) is 27.2 Å². The molecule has 0 bridgehead atoms. The molecule has 0 radical (unpaired) electrons. The number of carbonyl (C=O) groups excluding carboxylic acids is 1. The molecule has 0 saturated heterocycles. The second-order valence-corrected chi connectivity index (χ2v) is 3.49. The molecule has 0 spiro atoms. The fraction of sp³-hybridized carbons (Fsp3) is 0.900. The van der Waals surface area contributed by atoms with E-state index in [9.17, 15) is 4.79 Å². The summed E-state index contributed by atoms with van der Waals surface area (Å²) in [7, 11) is 3.54. The normalized spacial score (nSPS) is 10.6. The molecule has 0 aromatic rings. The number of amides is 1. The van der Waals surface area contributed by atoms with Gasteiger partial charge in [0.1, 0.15) is 0 Å². The van der Waals surface area contributed by atoms with Crippen molar-refractivity contribution in [3.63, 3.8) is 0 Å². The molecule has 1 N–H and O–H groups in total. The molecule has 0 aromatic carbocycles. The molecule has 0 fully saturated rings. The zero-order valence-corrected chi connectivity index (χ0v) is 9.84. The van der Waals surface area contributed by atoms with Crippen molar-refractivity contribution < 1.29 is 4.79 Å². The van der Waals surface area contributed by atoms with E-state index in [0.29, 0.717) is 6.54 Å². The van der Waals surface area contributed by atoms with Crippen molar-refractivity contribution in [1.82, 2.24) is 15.1 Å². The number of hydrogen-bond acceptors (Lipinski definition) is 3. The van der Waals surface area contributed by atoms with Gasteiger partial charge in [-0.3, -0.25) is 4.79 Å². The summed E-state index contributed by atoms with van der Waals surface area (Å²) in [6.07, 6.45) is 0. The van der Waals surface area contributed by atoms with Gasteiger partial charge >= 0.3 is 0 Å². The Morgan fingerprint density at radius 1 is 1.21 bits per heavy atom. The number of nitrogens with zero attached hydrogens (tertiary/aromatic N) is 2. The SMILES string of the molecule is CCN(CC)CCNCC(=O)N(C)C. The van der Waals surface area contributed by atoms with E-state index in [-0.39, 0.29) is 5.91 Å². The zero-order valence-electron chi connectivity index (χ0n) is 9.84.